The smallest absolute Gasteiger partial charge is 0.0369 e. The topological polar surface area (TPSA) is 29.3 Å². The molecule has 18 heavy (non-hydrogen) atoms. The summed E-state index contributed by atoms with van der Waals surface area (Å²) >= 11 is 0. The van der Waals surface area contributed by atoms with Gasteiger partial charge in [-0.15, -0.1) is 0 Å². The molecule has 1 aromatic rings. The Morgan fingerprint density at radius 1 is 1.33 bits per heavy atom. The summed E-state index contributed by atoms with van der Waals surface area (Å²) in [6, 6.07) is 9.36. The van der Waals surface area contributed by atoms with Crippen LogP contribution in [0.2, 0.25) is 0 Å². The van der Waals surface area contributed by atoms with Crippen LogP contribution in [0, 0.1) is 5.92 Å². The summed E-state index contributed by atoms with van der Waals surface area (Å²) in [6.45, 7) is 2.95. The van der Waals surface area contributed by atoms with E-state index in [0.29, 0.717) is 12.6 Å². The molecule has 1 aliphatic rings. The summed E-state index contributed by atoms with van der Waals surface area (Å²) in [7, 11) is 2.23. The Hall–Kier alpha value is -1.02. The Morgan fingerprint density at radius 3 is 2.89 bits per heavy atom. The van der Waals surface area contributed by atoms with Gasteiger partial charge in [-0.3, -0.25) is 0 Å². The molecule has 100 valence electrons. The Balaban J connectivity index is 2.07. The van der Waals surface area contributed by atoms with E-state index in [2.05, 4.69) is 43.1 Å². The Morgan fingerprint density at radius 2 is 2.17 bits per heavy atom. The molecule has 2 atom stereocenters. The monoisotopic (exact) mass is 246 g/mol. The normalized spacial score (nSPS) is 23.9. The van der Waals surface area contributed by atoms with E-state index < -0.39 is 0 Å². The second-order valence-corrected chi connectivity index (χ2v) is 5.58. The second kappa shape index (κ2) is 6.24. The highest BCUT2D eigenvalue weighted by atomic mass is 15.1. The average Bonchev–Trinajstić information content (AvgIpc) is 2.46. The molecule has 1 saturated carbocycles. The Labute approximate surface area is 111 Å². The molecule has 0 aliphatic heterocycles. The van der Waals surface area contributed by atoms with Gasteiger partial charge in [-0.1, -0.05) is 38.3 Å². The van der Waals surface area contributed by atoms with Crippen LogP contribution in [0.3, 0.4) is 0 Å². The van der Waals surface area contributed by atoms with E-state index in [9.17, 15) is 0 Å². The molecule has 0 bridgehead atoms. The number of rotatable bonds is 4. The van der Waals surface area contributed by atoms with Crippen LogP contribution in [0.25, 0.3) is 0 Å². The molecule has 2 unspecified atom stereocenters. The van der Waals surface area contributed by atoms with Crippen molar-refractivity contribution in [3.8, 4) is 0 Å². The van der Waals surface area contributed by atoms with Gasteiger partial charge in [0.2, 0.25) is 0 Å². The van der Waals surface area contributed by atoms with Crippen molar-refractivity contribution in [1.82, 2.24) is 0 Å². The van der Waals surface area contributed by atoms with Crippen LogP contribution in [-0.2, 0) is 6.54 Å². The van der Waals surface area contributed by atoms with Gasteiger partial charge in [0.25, 0.3) is 0 Å². The number of anilines is 1. The molecule has 2 N–H and O–H groups in total. The maximum atomic E-state index is 5.72. The SMILES string of the molecule is CCC1CCCC(N(C)c2cccc(CN)c2)C1. The third kappa shape index (κ3) is 3.05. The molecule has 0 heterocycles. The Bertz CT molecular complexity index is 375. The number of nitrogens with zero attached hydrogens (tertiary/aromatic N) is 1. The lowest BCUT2D eigenvalue weighted by molar-refractivity contribution is 0.309. The van der Waals surface area contributed by atoms with E-state index in [4.69, 9.17) is 5.73 Å². The molecule has 0 aromatic heterocycles. The predicted molar refractivity (Wildman–Crippen MR) is 78.8 cm³/mol. The quantitative estimate of drug-likeness (QED) is 0.880. The van der Waals surface area contributed by atoms with Gasteiger partial charge in [-0.2, -0.15) is 0 Å². The van der Waals surface area contributed by atoms with Crippen LogP contribution in [0.4, 0.5) is 5.69 Å². The third-order valence-corrected chi connectivity index (χ3v) is 4.43. The predicted octanol–water partition coefficient (Wildman–Crippen LogP) is 3.55. The average molecular weight is 246 g/mol. The van der Waals surface area contributed by atoms with Crippen molar-refractivity contribution in [3.05, 3.63) is 29.8 Å². The van der Waals surface area contributed by atoms with Crippen molar-refractivity contribution >= 4 is 5.69 Å². The highest BCUT2D eigenvalue weighted by Gasteiger charge is 2.24. The number of hydrogen-bond acceptors (Lipinski definition) is 2. The van der Waals surface area contributed by atoms with Crippen molar-refractivity contribution in [1.29, 1.82) is 0 Å². The summed E-state index contributed by atoms with van der Waals surface area (Å²) in [6.07, 6.45) is 6.81. The first kappa shape index (κ1) is 13.4. The molecule has 1 aliphatic carbocycles. The zero-order valence-electron chi connectivity index (χ0n) is 11.7. The minimum atomic E-state index is 0.629. The standard InChI is InChI=1S/C16H26N2/c1-3-13-6-4-8-15(10-13)18(2)16-9-5-7-14(11-16)12-17/h5,7,9,11,13,15H,3-4,6,8,10,12,17H2,1-2H3. The van der Waals surface area contributed by atoms with Crippen LogP contribution in [-0.4, -0.2) is 13.1 Å². The molecular weight excluding hydrogens is 220 g/mol. The molecule has 0 saturated heterocycles. The zero-order chi connectivity index (χ0) is 13.0. The van der Waals surface area contributed by atoms with Crippen molar-refractivity contribution in [3.63, 3.8) is 0 Å². The first-order valence-electron chi connectivity index (χ1n) is 7.26. The molecule has 2 nitrogen and oxygen atoms in total. The van der Waals surface area contributed by atoms with Gasteiger partial charge in [-0.25, -0.2) is 0 Å². The number of hydrogen-bond donors (Lipinski definition) is 1. The molecule has 1 fully saturated rings. The Kier molecular flexibility index (Phi) is 4.65. The van der Waals surface area contributed by atoms with E-state index in [1.807, 2.05) is 0 Å². The van der Waals surface area contributed by atoms with Crippen molar-refractivity contribution in [2.45, 2.75) is 51.6 Å². The van der Waals surface area contributed by atoms with Crippen LogP contribution in [0.1, 0.15) is 44.6 Å². The summed E-state index contributed by atoms with van der Waals surface area (Å²) in [5.74, 6) is 0.920. The van der Waals surface area contributed by atoms with E-state index >= 15 is 0 Å². The minimum absolute atomic E-state index is 0.629. The van der Waals surface area contributed by atoms with Crippen LogP contribution in [0.15, 0.2) is 24.3 Å². The van der Waals surface area contributed by atoms with Crippen LogP contribution < -0.4 is 10.6 Å². The molecule has 0 radical (unpaired) electrons. The maximum absolute atomic E-state index is 5.72. The highest BCUT2D eigenvalue weighted by Crippen LogP contribution is 2.31. The lowest BCUT2D eigenvalue weighted by atomic mass is 9.83. The van der Waals surface area contributed by atoms with Gasteiger partial charge < -0.3 is 10.6 Å². The fraction of sp³-hybridized carbons (Fsp3) is 0.625. The van der Waals surface area contributed by atoms with Gasteiger partial charge in [0.1, 0.15) is 0 Å². The van der Waals surface area contributed by atoms with Crippen LogP contribution >= 0.6 is 0 Å². The van der Waals surface area contributed by atoms with Crippen LogP contribution in [0.5, 0.6) is 0 Å². The summed E-state index contributed by atoms with van der Waals surface area (Å²) in [5.41, 5.74) is 8.27. The first-order valence-corrected chi connectivity index (χ1v) is 7.26. The summed E-state index contributed by atoms with van der Waals surface area (Å²) < 4.78 is 0. The largest absolute Gasteiger partial charge is 0.372 e. The van der Waals surface area contributed by atoms with Crippen molar-refractivity contribution in [2.24, 2.45) is 11.7 Å². The van der Waals surface area contributed by atoms with Gasteiger partial charge >= 0.3 is 0 Å². The van der Waals surface area contributed by atoms with E-state index in [1.165, 1.54) is 43.4 Å². The summed E-state index contributed by atoms with van der Waals surface area (Å²) in [4.78, 5) is 2.46. The molecule has 0 amide bonds. The van der Waals surface area contributed by atoms with E-state index in [-0.39, 0.29) is 0 Å². The molecule has 1 aromatic carbocycles. The fourth-order valence-electron chi connectivity index (χ4n) is 3.10. The van der Waals surface area contributed by atoms with Gasteiger partial charge in [0.05, 0.1) is 0 Å². The second-order valence-electron chi connectivity index (χ2n) is 5.58. The van der Waals surface area contributed by atoms with Gasteiger partial charge in [0, 0.05) is 25.3 Å². The lowest BCUT2D eigenvalue weighted by Gasteiger charge is -2.36. The molecule has 0 spiro atoms. The lowest BCUT2D eigenvalue weighted by Crippen LogP contribution is -2.36. The van der Waals surface area contributed by atoms with Gasteiger partial charge in [0.15, 0.2) is 0 Å². The molecule has 2 heteroatoms. The number of benzene rings is 1. The van der Waals surface area contributed by atoms with Gasteiger partial charge in [-0.05, 0) is 36.5 Å². The van der Waals surface area contributed by atoms with Crippen molar-refractivity contribution in [2.75, 3.05) is 11.9 Å². The first-order chi connectivity index (χ1) is 8.74. The molecular formula is C16H26N2. The minimum Gasteiger partial charge on any atom is -0.372 e. The van der Waals surface area contributed by atoms with E-state index in [0.717, 1.165) is 5.92 Å². The van der Waals surface area contributed by atoms with E-state index in [1.54, 1.807) is 0 Å². The third-order valence-electron chi connectivity index (χ3n) is 4.43. The number of nitrogens with two attached hydrogens (primary N) is 1. The zero-order valence-corrected chi connectivity index (χ0v) is 11.7. The maximum Gasteiger partial charge on any atom is 0.0369 e. The highest BCUT2D eigenvalue weighted by molar-refractivity contribution is 5.48. The molecule has 2 rings (SSSR count). The summed E-state index contributed by atoms with van der Waals surface area (Å²) in [5, 5.41) is 0. The fourth-order valence-corrected chi connectivity index (χ4v) is 3.10. The van der Waals surface area contributed by atoms with Crippen molar-refractivity contribution < 1.29 is 0 Å².